The molecule has 0 heterocycles. The quantitative estimate of drug-likeness (QED) is 0.662. The Morgan fingerprint density at radius 3 is 2.40 bits per heavy atom. The van der Waals surface area contributed by atoms with Gasteiger partial charge in [0.05, 0.1) is 0 Å². The Labute approximate surface area is 93.0 Å². The molecule has 1 aromatic rings. The van der Waals surface area contributed by atoms with Crippen LogP contribution in [-0.2, 0) is 6.42 Å². The van der Waals surface area contributed by atoms with Crippen molar-refractivity contribution in [3.05, 3.63) is 40.0 Å². The zero-order valence-corrected chi connectivity index (χ0v) is 10.3. The highest BCUT2D eigenvalue weighted by atomic mass is 14.2. The molecule has 1 aliphatic carbocycles. The first-order valence-electron chi connectivity index (χ1n) is 5.98. The van der Waals surface area contributed by atoms with Gasteiger partial charge in [-0.05, 0) is 55.4 Å². The summed E-state index contributed by atoms with van der Waals surface area (Å²) in [5, 5.41) is 0. The molecule has 0 aromatic heterocycles. The van der Waals surface area contributed by atoms with Crippen LogP contribution in [0.25, 0.3) is 5.57 Å². The molecule has 0 unspecified atom stereocenters. The summed E-state index contributed by atoms with van der Waals surface area (Å²) in [5.74, 6) is 0. The third-order valence-corrected chi connectivity index (χ3v) is 3.47. The summed E-state index contributed by atoms with van der Waals surface area (Å²) >= 11 is 0. The smallest absolute Gasteiger partial charge is 0.00549 e. The van der Waals surface area contributed by atoms with Crippen LogP contribution in [0, 0.1) is 13.8 Å². The molecule has 15 heavy (non-hydrogen) atoms. The predicted octanol–water partition coefficient (Wildman–Crippen LogP) is 4.43. The monoisotopic (exact) mass is 200 g/mol. The summed E-state index contributed by atoms with van der Waals surface area (Å²) in [6.07, 6.45) is 3.58. The van der Waals surface area contributed by atoms with Gasteiger partial charge in [-0.2, -0.15) is 0 Å². The van der Waals surface area contributed by atoms with Crippen LogP contribution in [0.15, 0.2) is 17.7 Å². The number of benzene rings is 1. The molecule has 0 bridgehead atoms. The lowest BCUT2D eigenvalue weighted by molar-refractivity contribution is 1.02. The van der Waals surface area contributed by atoms with Crippen LogP contribution in [0.1, 0.15) is 48.9 Å². The molecule has 2 rings (SSSR count). The summed E-state index contributed by atoms with van der Waals surface area (Å²) in [6, 6.07) is 4.67. The van der Waals surface area contributed by atoms with E-state index < -0.39 is 0 Å². The van der Waals surface area contributed by atoms with E-state index >= 15 is 0 Å². The Morgan fingerprint density at radius 2 is 1.80 bits per heavy atom. The van der Waals surface area contributed by atoms with Crippen molar-refractivity contribution < 1.29 is 0 Å². The number of hydrogen-bond donors (Lipinski definition) is 0. The van der Waals surface area contributed by atoms with E-state index in [1.165, 1.54) is 30.4 Å². The first-order valence-corrected chi connectivity index (χ1v) is 5.98. The molecule has 0 fully saturated rings. The summed E-state index contributed by atoms with van der Waals surface area (Å²) < 4.78 is 0. The fourth-order valence-electron chi connectivity index (χ4n) is 2.91. The van der Waals surface area contributed by atoms with Crippen LogP contribution in [0.3, 0.4) is 0 Å². The van der Waals surface area contributed by atoms with E-state index in [-0.39, 0.29) is 0 Å². The molecule has 0 atom stereocenters. The number of aryl methyl sites for hydroxylation is 2. The van der Waals surface area contributed by atoms with E-state index in [1.54, 1.807) is 22.3 Å². The molecular formula is C15H20. The molecular weight excluding hydrogens is 180 g/mol. The lowest BCUT2D eigenvalue weighted by Crippen LogP contribution is -1.90. The first kappa shape index (κ1) is 10.5. The Bertz CT molecular complexity index is 422. The number of allylic oxidation sites excluding steroid dienone is 2. The maximum absolute atomic E-state index is 2.36. The van der Waals surface area contributed by atoms with Gasteiger partial charge in [0.2, 0.25) is 0 Å². The van der Waals surface area contributed by atoms with E-state index in [0.717, 1.165) is 0 Å². The van der Waals surface area contributed by atoms with Crippen molar-refractivity contribution in [3.63, 3.8) is 0 Å². The van der Waals surface area contributed by atoms with Crippen molar-refractivity contribution in [1.82, 2.24) is 0 Å². The van der Waals surface area contributed by atoms with Crippen LogP contribution < -0.4 is 0 Å². The molecule has 0 spiro atoms. The van der Waals surface area contributed by atoms with E-state index in [2.05, 4.69) is 39.8 Å². The van der Waals surface area contributed by atoms with Gasteiger partial charge in [0, 0.05) is 0 Å². The molecule has 80 valence electrons. The minimum atomic E-state index is 1.18. The molecule has 0 saturated heterocycles. The predicted molar refractivity (Wildman–Crippen MR) is 67.1 cm³/mol. The Balaban J connectivity index is 2.59. The van der Waals surface area contributed by atoms with Gasteiger partial charge in [0.25, 0.3) is 0 Å². The minimum absolute atomic E-state index is 1.18. The molecule has 0 nitrogen and oxygen atoms in total. The molecule has 0 N–H and O–H groups in total. The maximum Gasteiger partial charge on any atom is -0.00549 e. The van der Waals surface area contributed by atoms with E-state index in [0.29, 0.717) is 0 Å². The first-order chi connectivity index (χ1) is 7.17. The second kappa shape index (κ2) is 3.84. The zero-order chi connectivity index (χ0) is 11.0. The summed E-state index contributed by atoms with van der Waals surface area (Å²) in [5.41, 5.74) is 9.25. The standard InChI is InChI=1S/C15H20/c1-5-12-9-13-8-10(3)7-11(4)15(13)14(12)6-2/h7-8H,5-6,9H2,1-4H3. The summed E-state index contributed by atoms with van der Waals surface area (Å²) in [6.45, 7) is 9.00. The highest BCUT2D eigenvalue weighted by molar-refractivity contribution is 5.78. The van der Waals surface area contributed by atoms with Crippen molar-refractivity contribution in [1.29, 1.82) is 0 Å². The minimum Gasteiger partial charge on any atom is -0.0623 e. The topological polar surface area (TPSA) is 0 Å². The van der Waals surface area contributed by atoms with Crippen molar-refractivity contribution in [2.24, 2.45) is 0 Å². The summed E-state index contributed by atoms with van der Waals surface area (Å²) in [7, 11) is 0. The molecule has 1 aromatic carbocycles. The maximum atomic E-state index is 2.36. The molecule has 1 aliphatic rings. The van der Waals surface area contributed by atoms with Gasteiger partial charge in [-0.3, -0.25) is 0 Å². The Morgan fingerprint density at radius 1 is 1.07 bits per heavy atom. The van der Waals surface area contributed by atoms with Gasteiger partial charge >= 0.3 is 0 Å². The largest absolute Gasteiger partial charge is 0.0623 e. The van der Waals surface area contributed by atoms with Crippen molar-refractivity contribution >= 4 is 5.57 Å². The molecule has 0 heteroatoms. The number of fused-ring (bicyclic) bond motifs is 1. The van der Waals surface area contributed by atoms with E-state index in [9.17, 15) is 0 Å². The fraction of sp³-hybridized carbons (Fsp3) is 0.467. The van der Waals surface area contributed by atoms with Crippen molar-refractivity contribution in [2.45, 2.75) is 47.0 Å². The Kier molecular flexibility index (Phi) is 2.68. The van der Waals surface area contributed by atoms with Gasteiger partial charge < -0.3 is 0 Å². The average Bonchev–Trinajstić information content (AvgIpc) is 2.55. The van der Waals surface area contributed by atoms with Crippen LogP contribution in [0.4, 0.5) is 0 Å². The highest BCUT2D eigenvalue weighted by Gasteiger charge is 2.20. The van der Waals surface area contributed by atoms with Gasteiger partial charge in [-0.25, -0.2) is 0 Å². The van der Waals surface area contributed by atoms with E-state index in [4.69, 9.17) is 0 Å². The molecule has 0 radical (unpaired) electrons. The zero-order valence-electron chi connectivity index (χ0n) is 10.3. The van der Waals surface area contributed by atoms with Crippen LogP contribution in [0.5, 0.6) is 0 Å². The molecule has 0 amide bonds. The second-order valence-electron chi connectivity index (χ2n) is 4.58. The van der Waals surface area contributed by atoms with Crippen LogP contribution >= 0.6 is 0 Å². The number of hydrogen-bond acceptors (Lipinski definition) is 0. The lowest BCUT2D eigenvalue weighted by atomic mass is 9.96. The normalized spacial score (nSPS) is 14.7. The third-order valence-electron chi connectivity index (χ3n) is 3.47. The number of rotatable bonds is 2. The average molecular weight is 200 g/mol. The van der Waals surface area contributed by atoms with Crippen LogP contribution in [-0.4, -0.2) is 0 Å². The molecule has 0 saturated carbocycles. The highest BCUT2D eigenvalue weighted by Crippen LogP contribution is 2.38. The van der Waals surface area contributed by atoms with Gasteiger partial charge in [-0.1, -0.05) is 37.1 Å². The molecule has 0 aliphatic heterocycles. The second-order valence-corrected chi connectivity index (χ2v) is 4.58. The van der Waals surface area contributed by atoms with Crippen molar-refractivity contribution in [2.75, 3.05) is 0 Å². The fourth-order valence-corrected chi connectivity index (χ4v) is 2.91. The van der Waals surface area contributed by atoms with E-state index in [1.807, 2.05) is 0 Å². The van der Waals surface area contributed by atoms with Gasteiger partial charge in [0.1, 0.15) is 0 Å². The van der Waals surface area contributed by atoms with Crippen LogP contribution in [0.2, 0.25) is 0 Å². The van der Waals surface area contributed by atoms with Gasteiger partial charge in [0.15, 0.2) is 0 Å². The van der Waals surface area contributed by atoms with Gasteiger partial charge in [-0.15, -0.1) is 0 Å². The SMILES string of the molecule is CCC1=C(CC)c2c(C)cc(C)cc2C1. The summed E-state index contributed by atoms with van der Waals surface area (Å²) in [4.78, 5) is 0. The lowest BCUT2D eigenvalue weighted by Gasteiger charge is -2.09. The third kappa shape index (κ3) is 1.62. The van der Waals surface area contributed by atoms with Crippen molar-refractivity contribution in [3.8, 4) is 0 Å². The Hall–Kier alpha value is -1.04.